The van der Waals surface area contributed by atoms with E-state index in [0.29, 0.717) is 28.4 Å². The van der Waals surface area contributed by atoms with E-state index in [-0.39, 0.29) is 23.5 Å². The number of aromatic nitrogens is 2. The average Bonchev–Trinajstić information content (AvgIpc) is 3.14. The molecular formula is C18H21ClN4O3S. The first kappa shape index (κ1) is 19.6. The van der Waals surface area contributed by atoms with Gasteiger partial charge in [0.05, 0.1) is 35.0 Å². The number of amides is 1. The molecule has 27 heavy (non-hydrogen) atoms. The van der Waals surface area contributed by atoms with Gasteiger partial charge in [0.25, 0.3) is 5.91 Å². The minimum absolute atomic E-state index is 0.0366. The third-order valence-corrected chi connectivity index (χ3v) is 6.74. The van der Waals surface area contributed by atoms with Crippen molar-refractivity contribution >= 4 is 33.6 Å². The number of hydrazone groups is 1. The van der Waals surface area contributed by atoms with Gasteiger partial charge in [0, 0.05) is 5.56 Å². The lowest BCUT2D eigenvalue weighted by Crippen LogP contribution is -2.17. The number of carbonyl (C=O) groups excluding carboxylic acids is 1. The Morgan fingerprint density at radius 3 is 2.70 bits per heavy atom. The Balaban J connectivity index is 1.71. The molecule has 1 aromatic carbocycles. The van der Waals surface area contributed by atoms with Crippen LogP contribution in [-0.2, 0) is 16.3 Å². The summed E-state index contributed by atoms with van der Waals surface area (Å²) in [5.41, 5.74) is 5.31. The third-order valence-electron chi connectivity index (χ3n) is 4.61. The second-order valence-corrected chi connectivity index (χ2v) is 9.13. The van der Waals surface area contributed by atoms with E-state index in [2.05, 4.69) is 15.6 Å². The summed E-state index contributed by atoms with van der Waals surface area (Å²) in [4.78, 5) is 12.1. The summed E-state index contributed by atoms with van der Waals surface area (Å²) >= 11 is 6.37. The lowest BCUT2D eigenvalue weighted by Gasteiger charge is -2.09. The monoisotopic (exact) mass is 408 g/mol. The van der Waals surface area contributed by atoms with Crippen LogP contribution in [0.5, 0.6) is 0 Å². The Morgan fingerprint density at radius 1 is 1.41 bits per heavy atom. The van der Waals surface area contributed by atoms with Gasteiger partial charge in [-0.25, -0.2) is 18.5 Å². The van der Waals surface area contributed by atoms with Crippen LogP contribution in [0.15, 0.2) is 29.4 Å². The Bertz CT molecular complexity index is 981. The topological polar surface area (TPSA) is 93.4 Å². The van der Waals surface area contributed by atoms with Crippen LogP contribution in [-0.4, -0.2) is 41.8 Å². The van der Waals surface area contributed by atoms with E-state index in [9.17, 15) is 13.2 Å². The zero-order valence-electron chi connectivity index (χ0n) is 15.1. The molecule has 0 saturated carbocycles. The van der Waals surface area contributed by atoms with Crippen molar-refractivity contribution in [2.75, 3.05) is 11.5 Å². The van der Waals surface area contributed by atoms with Gasteiger partial charge in [0.1, 0.15) is 5.15 Å². The Labute approximate surface area is 163 Å². The summed E-state index contributed by atoms with van der Waals surface area (Å²) in [6.07, 6.45) is 2.83. The summed E-state index contributed by atoms with van der Waals surface area (Å²) in [6.45, 7) is 3.81. The number of hydrogen-bond acceptors (Lipinski definition) is 5. The number of hydrogen-bond donors (Lipinski definition) is 1. The normalized spacial score (nSPS) is 18.9. The van der Waals surface area contributed by atoms with Gasteiger partial charge in [0.2, 0.25) is 0 Å². The molecule has 1 fully saturated rings. The first-order valence-electron chi connectivity index (χ1n) is 8.68. The van der Waals surface area contributed by atoms with Crippen LogP contribution in [0.1, 0.15) is 46.6 Å². The van der Waals surface area contributed by atoms with E-state index in [1.54, 1.807) is 19.1 Å². The van der Waals surface area contributed by atoms with E-state index in [1.807, 2.05) is 19.1 Å². The summed E-state index contributed by atoms with van der Waals surface area (Å²) in [6, 6.07) is 7.04. The molecule has 1 N–H and O–H groups in total. The highest BCUT2D eigenvalue weighted by molar-refractivity contribution is 7.91. The van der Waals surface area contributed by atoms with E-state index >= 15 is 0 Å². The molecule has 2 heterocycles. The van der Waals surface area contributed by atoms with Crippen molar-refractivity contribution in [2.45, 2.75) is 32.7 Å². The van der Waals surface area contributed by atoms with Gasteiger partial charge < -0.3 is 0 Å². The molecular weight excluding hydrogens is 388 g/mol. The van der Waals surface area contributed by atoms with Crippen LogP contribution < -0.4 is 5.43 Å². The Morgan fingerprint density at radius 2 is 2.11 bits per heavy atom. The lowest BCUT2D eigenvalue weighted by atomic mass is 10.1. The van der Waals surface area contributed by atoms with Gasteiger partial charge in [-0.15, -0.1) is 0 Å². The van der Waals surface area contributed by atoms with E-state index in [4.69, 9.17) is 11.6 Å². The fraction of sp³-hybridized carbons (Fsp3) is 0.389. The smallest absolute Gasteiger partial charge is 0.267 e. The zero-order chi connectivity index (χ0) is 19.6. The standard InChI is InChI=1S/C18H21ClN4O3S/c1-3-13-4-6-14(7-5-13)18(24)21-20-10-16-12(2)22-23(17(16)19)15-8-9-27(25,26)11-15/h4-7,10,15H,3,8-9,11H2,1-2H3,(H,21,24)/b20-10-/t15-/m1/s1. The van der Waals surface area contributed by atoms with Crippen molar-refractivity contribution in [3.63, 3.8) is 0 Å². The third kappa shape index (κ3) is 4.39. The number of benzene rings is 1. The van der Waals surface area contributed by atoms with Crippen molar-refractivity contribution < 1.29 is 13.2 Å². The highest BCUT2D eigenvalue weighted by Gasteiger charge is 2.31. The van der Waals surface area contributed by atoms with Crippen LogP contribution in [0.3, 0.4) is 0 Å². The maximum atomic E-state index is 12.1. The molecule has 0 aliphatic carbocycles. The molecule has 1 atom stereocenters. The van der Waals surface area contributed by atoms with Crippen molar-refractivity contribution in [2.24, 2.45) is 5.10 Å². The maximum absolute atomic E-state index is 12.1. The van der Waals surface area contributed by atoms with Gasteiger partial charge in [0.15, 0.2) is 9.84 Å². The number of nitrogens with zero attached hydrogens (tertiary/aromatic N) is 3. The highest BCUT2D eigenvalue weighted by atomic mass is 35.5. The number of carbonyl (C=O) groups is 1. The molecule has 1 saturated heterocycles. The second-order valence-electron chi connectivity index (χ2n) is 6.54. The fourth-order valence-electron chi connectivity index (χ4n) is 3.00. The van der Waals surface area contributed by atoms with Crippen molar-refractivity contribution in [1.82, 2.24) is 15.2 Å². The van der Waals surface area contributed by atoms with E-state index in [0.717, 1.165) is 12.0 Å². The van der Waals surface area contributed by atoms with Gasteiger partial charge in [-0.2, -0.15) is 10.2 Å². The summed E-state index contributed by atoms with van der Waals surface area (Å²) in [7, 11) is -3.04. The molecule has 1 aliphatic rings. The van der Waals surface area contributed by atoms with Crippen LogP contribution in [0.4, 0.5) is 0 Å². The molecule has 2 aromatic rings. The lowest BCUT2D eigenvalue weighted by molar-refractivity contribution is 0.0955. The number of halogens is 1. The molecule has 7 nitrogen and oxygen atoms in total. The number of rotatable bonds is 5. The fourth-order valence-corrected chi connectivity index (χ4v) is 5.05. The van der Waals surface area contributed by atoms with E-state index in [1.165, 1.54) is 10.9 Å². The maximum Gasteiger partial charge on any atom is 0.271 e. The van der Waals surface area contributed by atoms with Crippen molar-refractivity contribution in [1.29, 1.82) is 0 Å². The first-order valence-corrected chi connectivity index (χ1v) is 10.9. The van der Waals surface area contributed by atoms with Crippen LogP contribution in [0.2, 0.25) is 5.15 Å². The summed E-state index contributed by atoms with van der Waals surface area (Å²) < 4.78 is 24.9. The van der Waals surface area contributed by atoms with Gasteiger partial charge in [-0.1, -0.05) is 30.7 Å². The van der Waals surface area contributed by atoms with Gasteiger partial charge in [-0.3, -0.25) is 4.79 Å². The largest absolute Gasteiger partial charge is 0.271 e. The first-order chi connectivity index (χ1) is 12.8. The molecule has 0 unspecified atom stereocenters. The quantitative estimate of drug-likeness (QED) is 0.607. The SMILES string of the molecule is CCc1ccc(C(=O)N/N=C\c2c(C)nn([C@@H]3CCS(=O)(=O)C3)c2Cl)cc1. The minimum atomic E-state index is -3.04. The summed E-state index contributed by atoms with van der Waals surface area (Å²) in [5, 5.41) is 8.64. The summed E-state index contributed by atoms with van der Waals surface area (Å²) in [5.74, 6) is -0.144. The number of sulfone groups is 1. The van der Waals surface area contributed by atoms with Gasteiger partial charge in [-0.05, 0) is 37.5 Å². The van der Waals surface area contributed by atoms with Gasteiger partial charge >= 0.3 is 0 Å². The molecule has 0 bridgehead atoms. The van der Waals surface area contributed by atoms with Crippen molar-refractivity contribution in [3.05, 3.63) is 51.8 Å². The molecule has 9 heteroatoms. The second kappa shape index (κ2) is 7.82. The van der Waals surface area contributed by atoms with Crippen LogP contribution in [0.25, 0.3) is 0 Å². The molecule has 0 spiro atoms. The average molecular weight is 409 g/mol. The Hall–Kier alpha value is -2.19. The van der Waals surface area contributed by atoms with Crippen LogP contribution >= 0.6 is 11.6 Å². The van der Waals surface area contributed by atoms with Crippen molar-refractivity contribution in [3.8, 4) is 0 Å². The number of aryl methyl sites for hydroxylation is 2. The highest BCUT2D eigenvalue weighted by Crippen LogP contribution is 2.29. The molecule has 3 rings (SSSR count). The molecule has 144 valence electrons. The van der Waals surface area contributed by atoms with Crippen LogP contribution in [0, 0.1) is 6.92 Å². The zero-order valence-corrected chi connectivity index (χ0v) is 16.7. The predicted octanol–water partition coefficient (Wildman–Crippen LogP) is 2.53. The molecule has 1 aromatic heterocycles. The predicted molar refractivity (Wildman–Crippen MR) is 105 cm³/mol. The van der Waals surface area contributed by atoms with E-state index < -0.39 is 9.84 Å². The Kier molecular flexibility index (Phi) is 5.67. The molecule has 1 aliphatic heterocycles. The molecule has 0 radical (unpaired) electrons. The molecule has 1 amide bonds. The number of nitrogens with one attached hydrogen (secondary N) is 1. The minimum Gasteiger partial charge on any atom is -0.267 e.